The third-order valence-corrected chi connectivity index (χ3v) is 7.51. The Morgan fingerprint density at radius 2 is 1.88 bits per heavy atom. The normalized spacial score (nSPS) is 18.8. The van der Waals surface area contributed by atoms with Crippen LogP contribution in [0.3, 0.4) is 0 Å². The molecule has 9 nitrogen and oxygen atoms in total. The summed E-state index contributed by atoms with van der Waals surface area (Å²) in [5.74, 6) is 0.269. The van der Waals surface area contributed by atoms with Crippen molar-refractivity contribution in [3.8, 4) is 17.2 Å². The zero-order chi connectivity index (χ0) is 28.3. The Bertz CT molecular complexity index is 1490. The van der Waals surface area contributed by atoms with Crippen LogP contribution in [-0.2, 0) is 27.2 Å². The third kappa shape index (κ3) is 5.82. The van der Waals surface area contributed by atoms with Crippen LogP contribution in [-0.4, -0.2) is 67.1 Å². The molecule has 4 heterocycles. The van der Waals surface area contributed by atoms with Crippen molar-refractivity contribution in [1.82, 2.24) is 15.1 Å². The van der Waals surface area contributed by atoms with Crippen LogP contribution in [0.25, 0.3) is 0 Å². The van der Waals surface area contributed by atoms with E-state index in [9.17, 15) is 18.8 Å². The van der Waals surface area contributed by atoms with Gasteiger partial charge >= 0.3 is 6.09 Å². The molecule has 10 heteroatoms. The third-order valence-electron chi connectivity index (χ3n) is 7.51. The summed E-state index contributed by atoms with van der Waals surface area (Å²) < 4.78 is 31.7. The topological polar surface area (TPSA) is 97.4 Å². The highest BCUT2D eigenvalue weighted by atomic mass is 19.1. The van der Waals surface area contributed by atoms with Gasteiger partial charge < -0.3 is 24.4 Å². The summed E-state index contributed by atoms with van der Waals surface area (Å²) in [5.41, 5.74) is 3.38. The van der Waals surface area contributed by atoms with Gasteiger partial charge in [-0.25, -0.2) is 9.18 Å². The molecule has 0 spiro atoms. The van der Waals surface area contributed by atoms with E-state index in [0.717, 1.165) is 16.7 Å². The zero-order valence-corrected chi connectivity index (χ0v) is 22.4. The minimum Gasteiger partial charge on any atom is -0.494 e. The minimum absolute atomic E-state index is 0.0379. The highest BCUT2D eigenvalue weighted by Crippen LogP contribution is 2.39. The van der Waals surface area contributed by atoms with Gasteiger partial charge in [0.15, 0.2) is 11.6 Å². The number of fused-ring (bicyclic) bond motifs is 7. The van der Waals surface area contributed by atoms with Crippen LogP contribution in [0.15, 0.2) is 60.7 Å². The molecule has 212 valence electrons. The standard InChI is InChI=1S/C31H30FN3O6/c32-26-8-5-20-15-27(26)41-24-6-7-25-21(17-24)9-11-35(29(37)19-34-12-14-40-31(34)38)30(25)22-3-1-4-23(18-22)39-13-2-10-33-28(36)16-20/h1,3-8,15,17-18,30H,2,9-14,16,19H2,(H,33,36). The van der Waals surface area contributed by atoms with Crippen molar-refractivity contribution in [2.45, 2.75) is 25.3 Å². The predicted molar refractivity (Wildman–Crippen MR) is 146 cm³/mol. The van der Waals surface area contributed by atoms with Gasteiger partial charge in [0.2, 0.25) is 11.8 Å². The summed E-state index contributed by atoms with van der Waals surface area (Å²) in [6.07, 6.45) is 0.766. The largest absolute Gasteiger partial charge is 0.494 e. The van der Waals surface area contributed by atoms with E-state index in [1.54, 1.807) is 23.1 Å². The van der Waals surface area contributed by atoms with E-state index < -0.39 is 18.0 Å². The average Bonchev–Trinajstić information content (AvgIpc) is 3.37. The Hall–Kier alpha value is -4.60. The Balaban J connectivity index is 1.37. The molecule has 41 heavy (non-hydrogen) atoms. The van der Waals surface area contributed by atoms with Crippen molar-refractivity contribution in [3.63, 3.8) is 0 Å². The van der Waals surface area contributed by atoms with Gasteiger partial charge in [0.25, 0.3) is 0 Å². The smallest absolute Gasteiger partial charge is 0.410 e. The van der Waals surface area contributed by atoms with Crippen LogP contribution in [0.4, 0.5) is 9.18 Å². The lowest BCUT2D eigenvalue weighted by molar-refractivity contribution is -0.133. The molecule has 4 aliphatic rings. The minimum atomic E-state index is -0.526. The van der Waals surface area contributed by atoms with Gasteiger partial charge in [-0.2, -0.15) is 0 Å². The number of hydrogen-bond donors (Lipinski definition) is 1. The fourth-order valence-electron chi connectivity index (χ4n) is 5.49. The van der Waals surface area contributed by atoms with E-state index in [1.165, 1.54) is 11.0 Å². The van der Waals surface area contributed by atoms with Crippen LogP contribution < -0.4 is 14.8 Å². The lowest BCUT2D eigenvalue weighted by Crippen LogP contribution is -2.45. The molecule has 0 aliphatic carbocycles. The van der Waals surface area contributed by atoms with Gasteiger partial charge in [0.05, 0.1) is 25.6 Å². The molecule has 7 rings (SSSR count). The van der Waals surface area contributed by atoms with Gasteiger partial charge in [-0.05, 0) is 71.5 Å². The van der Waals surface area contributed by atoms with Crippen molar-refractivity contribution in [2.75, 3.05) is 39.4 Å². The first-order chi connectivity index (χ1) is 19.9. The maximum Gasteiger partial charge on any atom is 0.410 e. The summed E-state index contributed by atoms with van der Waals surface area (Å²) in [5, 5.41) is 2.87. The first kappa shape index (κ1) is 26.6. The number of ether oxygens (including phenoxy) is 3. The number of amides is 3. The number of nitrogens with one attached hydrogen (secondary N) is 1. The molecule has 1 unspecified atom stereocenters. The molecule has 8 bridgehead atoms. The Morgan fingerprint density at radius 3 is 2.73 bits per heavy atom. The van der Waals surface area contributed by atoms with Crippen molar-refractivity contribution < 1.29 is 33.0 Å². The van der Waals surface area contributed by atoms with Gasteiger partial charge in [0, 0.05) is 13.1 Å². The zero-order valence-electron chi connectivity index (χ0n) is 22.4. The maximum atomic E-state index is 14.7. The fourth-order valence-corrected chi connectivity index (χ4v) is 5.49. The number of benzene rings is 3. The van der Waals surface area contributed by atoms with Gasteiger partial charge in [0.1, 0.15) is 24.7 Å². The molecular formula is C31H30FN3O6. The molecule has 1 atom stereocenters. The predicted octanol–water partition coefficient (Wildman–Crippen LogP) is 3.99. The molecule has 4 aliphatic heterocycles. The van der Waals surface area contributed by atoms with Crippen molar-refractivity contribution in [1.29, 1.82) is 0 Å². The van der Waals surface area contributed by atoms with Gasteiger partial charge in [-0.3, -0.25) is 14.5 Å². The Labute approximate surface area is 236 Å². The van der Waals surface area contributed by atoms with E-state index in [0.29, 0.717) is 56.1 Å². The first-order valence-corrected chi connectivity index (χ1v) is 13.7. The van der Waals surface area contributed by atoms with E-state index in [1.807, 2.05) is 36.4 Å². The van der Waals surface area contributed by atoms with Crippen LogP contribution in [0.1, 0.15) is 34.7 Å². The van der Waals surface area contributed by atoms with Crippen LogP contribution in [0.5, 0.6) is 17.2 Å². The Morgan fingerprint density at radius 1 is 0.976 bits per heavy atom. The van der Waals surface area contributed by atoms with Crippen LogP contribution in [0, 0.1) is 5.82 Å². The Kier molecular flexibility index (Phi) is 7.45. The van der Waals surface area contributed by atoms with Crippen LogP contribution in [0.2, 0.25) is 0 Å². The number of cyclic esters (lactones) is 1. The average molecular weight is 560 g/mol. The quantitative estimate of drug-likeness (QED) is 0.510. The molecule has 1 fully saturated rings. The number of nitrogens with zero attached hydrogens (tertiary/aromatic N) is 2. The second-order valence-corrected chi connectivity index (χ2v) is 10.3. The first-order valence-electron chi connectivity index (χ1n) is 13.7. The molecule has 0 aromatic heterocycles. The summed E-state index contributed by atoms with van der Waals surface area (Å²) in [4.78, 5) is 41.3. The molecule has 3 aromatic rings. The highest BCUT2D eigenvalue weighted by molar-refractivity contribution is 5.84. The summed E-state index contributed by atoms with van der Waals surface area (Å²) in [7, 11) is 0. The van der Waals surface area contributed by atoms with Crippen molar-refractivity contribution >= 4 is 17.9 Å². The number of rotatable bonds is 2. The second kappa shape index (κ2) is 11.5. The number of carbonyl (C=O) groups excluding carboxylic acids is 3. The molecule has 0 saturated carbocycles. The number of carbonyl (C=O) groups is 3. The molecule has 1 saturated heterocycles. The van der Waals surface area contributed by atoms with Crippen molar-refractivity contribution in [3.05, 3.63) is 88.7 Å². The SMILES string of the molecule is O=C1Cc2ccc(F)c(c2)Oc2ccc3c(c2)CCN(C(=O)CN2CCOC2=O)C3c2cccc(c2)OCCCN1. The van der Waals surface area contributed by atoms with Crippen LogP contribution >= 0.6 is 0 Å². The monoisotopic (exact) mass is 559 g/mol. The lowest BCUT2D eigenvalue weighted by atomic mass is 9.87. The van der Waals surface area contributed by atoms with Crippen molar-refractivity contribution in [2.24, 2.45) is 0 Å². The van der Waals surface area contributed by atoms with E-state index in [-0.39, 0.29) is 37.1 Å². The second-order valence-electron chi connectivity index (χ2n) is 10.3. The van der Waals surface area contributed by atoms with Gasteiger partial charge in [-0.1, -0.05) is 24.3 Å². The van der Waals surface area contributed by atoms with E-state index in [2.05, 4.69) is 5.32 Å². The summed E-state index contributed by atoms with van der Waals surface area (Å²) in [6.45, 7) is 1.83. The van der Waals surface area contributed by atoms with E-state index >= 15 is 0 Å². The number of halogens is 1. The molecule has 3 aromatic carbocycles. The molecule has 0 radical (unpaired) electrons. The lowest BCUT2D eigenvalue weighted by Gasteiger charge is -2.38. The summed E-state index contributed by atoms with van der Waals surface area (Å²) in [6, 6.07) is 17.1. The molecule has 1 N–H and O–H groups in total. The summed E-state index contributed by atoms with van der Waals surface area (Å²) >= 11 is 0. The number of hydrogen-bond acceptors (Lipinski definition) is 6. The fraction of sp³-hybridized carbons (Fsp3) is 0.323. The van der Waals surface area contributed by atoms with E-state index in [4.69, 9.17) is 14.2 Å². The molecule has 3 amide bonds. The van der Waals surface area contributed by atoms with Gasteiger partial charge in [-0.15, -0.1) is 0 Å². The molecular weight excluding hydrogens is 529 g/mol. The maximum absolute atomic E-state index is 14.7. The highest BCUT2D eigenvalue weighted by Gasteiger charge is 2.35.